The maximum Gasteiger partial charge on any atom is 0.267 e. The first-order valence-electron chi connectivity index (χ1n) is 4.92. The summed E-state index contributed by atoms with van der Waals surface area (Å²) in [5, 5.41) is 16.6. The van der Waals surface area contributed by atoms with Crippen molar-refractivity contribution < 1.29 is 4.79 Å². The molecule has 2 aromatic heterocycles. The lowest BCUT2D eigenvalue weighted by atomic mass is 10.2. The number of tetrazole rings is 1. The van der Waals surface area contributed by atoms with Crippen LogP contribution in [0.4, 0.5) is 5.69 Å². The number of primary amides is 1. The van der Waals surface area contributed by atoms with E-state index in [1.165, 1.54) is 6.20 Å². The Morgan fingerprint density at radius 1 is 1.59 bits per heavy atom. The van der Waals surface area contributed by atoms with Gasteiger partial charge in [0.15, 0.2) is 5.82 Å². The highest BCUT2D eigenvalue weighted by atomic mass is 16.1. The number of nitrogens with zero attached hydrogens (tertiary/aromatic N) is 4. The smallest absolute Gasteiger partial charge is 0.267 e. The van der Waals surface area contributed by atoms with E-state index >= 15 is 0 Å². The summed E-state index contributed by atoms with van der Waals surface area (Å²) in [6.45, 7) is 1.87. The molecule has 0 radical (unpaired) electrons. The van der Waals surface area contributed by atoms with Crippen LogP contribution in [0.2, 0.25) is 0 Å². The van der Waals surface area contributed by atoms with Gasteiger partial charge < -0.3 is 11.1 Å². The number of rotatable bonds is 4. The van der Waals surface area contributed by atoms with Crippen LogP contribution in [0.5, 0.6) is 0 Å². The average Bonchev–Trinajstić information content (AvgIpc) is 2.82. The van der Waals surface area contributed by atoms with Gasteiger partial charge in [0.2, 0.25) is 0 Å². The number of carbonyl (C=O) groups excluding carboxylic acids is 1. The second-order valence-electron chi connectivity index (χ2n) is 3.43. The molecule has 0 aliphatic carbocycles. The van der Waals surface area contributed by atoms with Crippen LogP contribution in [0.25, 0.3) is 0 Å². The molecule has 0 aliphatic heterocycles. The van der Waals surface area contributed by atoms with Crippen molar-refractivity contribution in [1.82, 2.24) is 25.6 Å². The Morgan fingerprint density at radius 2 is 2.41 bits per heavy atom. The fourth-order valence-corrected chi connectivity index (χ4v) is 1.32. The molecule has 8 nitrogen and oxygen atoms in total. The molecule has 1 amide bonds. The SMILES string of the molecule is CC(Nc1ccnc(C(N)=O)c1)c1nn[nH]n1. The zero-order valence-electron chi connectivity index (χ0n) is 9.08. The molecule has 2 aromatic rings. The molecule has 0 aromatic carbocycles. The van der Waals surface area contributed by atoms with Crippen LogP contribution < -0.4 is 11.1 Å². The molecule has 0 spiro atoms. The normalized spacial score (nSPS) is 12.1. The summed E-state index contributed by atoms with van der Waals surface area (Å²) in [6, 6.07) is 3.15. The molecular weight excluding hydrogens is 222 g/mol. The number of nitrogens with two attached hydrogens (primary N) is 1. The highest BCUT2D eigenvalue weighted by Gasteiger charge is 2.10. The van der Waals surface area contributed by atoms with Crippen molar-refractivity contribution in [2.45, 2.75) is 13.0 Å². The summed E-state index contributed by atoms with van der Waals surface area (Å²) in [4.78, 5) is 14.8. The number of aromatic amines is 1. The Kier molecular flexibility index (Phi) is 2.95. The van der Waals surface area contributed by atoms with Gasteiger partial charge in [0, 0.05) is 11.9 Å². The first-order chi connectivity index (χ1) is 8.16. The molecule has 17 heavy (non-hydrogen) atoms. The van der Waals surface area contributed by atoms with E-state index in [2.05, 4.69) is 30.9 Å². The van der Waals surface area contributed by atoms with Gasteiger partial charge in [-0.1, -0.05) is 5.21 Å². The van der Waals surface area contributed by atoms with Gasteiger partial charge in [-0.2, -0.15) is 5.21 Å². The topological polar surface area (TPSA) is 122 Å². The van der Waals surface area contributed by atoms with Gasteiger partial charge in [-0.05, 0) is 19.1 Å². The number of aromatic nitrogens is 5. The minimum atomic E-state index is -0.569. The van der Waals surface area contributed by atoms with E-state index in [4.69, 9.17) is 5.73 Å². The maximum absolute atomic E-state index is 11.0. The summed E-state index contributed by atoms with van der Waals surface area (Å²) in [6.07, 6.45) is 1.51. The van der Waals surface area contributed by atoms with Crippen LogP contribution in [0, 0.1) is 0 Å². The van der Waals surface area contributed by atoms with Crippen LogP contribution in [0.3, 0.4) is 0 Å². The van der Waals surface area contributed by atoms with E-state index in [-0.39, 0.29) is 11.7 Å². The lowest BCUT2D eigenvalue weighted by molar-refractivity contribution is 0.0995. The van der Waals surface area contributed by atoms with Crippen LogP contribution in [0.1, 0.15) is 29.3 Å². The van der Waals surface area contributed by atoms with Gasteiger partial charge in [-0.15, -0.1) is 10.2 Å². The molecule has 0 aliphatic rings. The summed E-state index contributed by atoms with van der Waals surface area (Å²) in [5.41, 5.74) is 6.06. The first-order valence-corrected chi connectivity index (χ1v) is 4.92. The highest BCUT2D eigenvalue weighted by molar-refractivity contribution is 5.91. The Bertz CT molecular complexity index is 510. The molecule has 8 heteroatoms. The fraction of sp³-hybridized carbons (Fsp3) is 0.222. The van der Waals surface area contributed by atoms with Crippen molar-refractivity contribution in [2.24, 2.45) is 5.73 Å². The highest BCUT2D eigenvalue weighted by Crippen LogP contribution is 2.15. The van der Waals surface area contributed by atoms with Crippen LogP contribution in [0.15, 0.2) is 18.3 Å². The van der Waals surface area contributed by atoms with Crippen molar-refractivity contribution >= 4 is 11.6 Å². The quantitative estimate of drug-likeness (QED) is 0.675. The first kappa shape index (κ1) is 11.0. The average molecular weight is 233 g/mol. The van der Waals surface area contributed by atoms with Crippen molar-refractivity contribution in [2.75, 3.05) is 5.32 Å². The molecule has 2 rings (SSSR count). The van der Waals surface area contributed by atoms with Gasteiger partial charge >= 0.3 is 0 Å². The maximum atomic E-state index is 11.0. The summed E-state index contributed by atoms with van der Waals surface area (Å²) in [7, 11) is 0. The van der Waals surface area contributed by atoms with Gasteiger partial charge in [0.25, 0.3) is 5.91 Å². The standard InChI is InChI=1S/C9H11N7O/c1-5(9-13-15-16-14-9)12-6-2-3-11-7(4-6)8(10)17/h2-5H,1H3,(H2,10,17)(H,11,12)(H,13,14,15,16). The van der Waals surface area contributed by atoms with E-state index in [1.54, 1.807) is 12.1 Å². The second-order valence-corrected chi connectivity index (χ2v) is 3.43. The Hall–Kier alpha value is -2.51. The largest absolute Gasteiger partial charge is 0.375 e. The van der Waals surface area contributed by atoms with Gasteiger partial charge in [-0.3, -0.25) is 9.78 Å². The van der Waals surface area contributed by atoms with Crippen molar-refractivity contribution in [3.8, 4) is 0 Å². The van der Waals surface area contributed by atoms with Gasteiger partial charge in [-0.25, -0.2) is 0 Å². The minimum Gasteiger partial charge on any atom is -0.375 e. The molecule has 0 saturated heterocycles. The van der Waals surface area contributed by atoms with Gasteiger partial charge in [0.05, 0.1) is 6.04 Å². The van der Waals surface area contributed by atoms with Crippen molar-refractivity contribution in [1.29, 1.82) is 0 Å². The zero-order valence-corrected chi connectivity index (χ0v) is 9.08. The predicted molar refractivity (Wildman–Crippen MR) is 59.0 cm³/mol. The fourth-order valence-electron chi connectivity index (χ4n) is 1.32. The molecule has 0 saturated carbocycles. The third-order valence-electron chi connectivity index (χ3n) is 2.14. The minimum absolute atomic E-state index is 0.142. The Balaban J connectivity index is 2.13. The molecule has 0 bridgehead atoms. The molecule has 0 fully saturated rings. The summed E-state index contributed by atoms with van der Waals surface area (Å²) in [5.74, 6) is -0.0386. The molecule has 88 valence electrons. The number of anilines is 1. The van der Waals surface area contributed by atoms with Crippen LogP contribution in [-0.4, -0.2) is 31.5 Å². The summed E-state index contributed by atoms with van der Waals surface area (Å²) < 4.78 is 0. The summed E-state index contributed by atoms with van der Waals surface area (Å²) >= 11 is 0. The van der Waals surface area contributed by atoms with Crippen LogP contribution in [-0.2, 0) is 0 Å². The monoisotopic (exact) mass is 233 g/mol. The Morgan fingerprint density at radius 3 is 3.06 bits per heavy atom. The third kappa shape index (κ3) is 2.54. The lowest BCUT2D eigenvalue weighted by Gasteiger charge is -2.11. The molecular formula is C9H11N7O. The van der Waals surface area contributed by atoms with E-state index < -0.39 is 5.91 Å². The zero-order chi connectivity index (χ0) is 12.3. The van der Waals surface area contributed by atoms with E-state index in [0.29, 0.717) is 11.5 Å². The lowest BCUT2D eigenvalue weighted by Crippen LogP contribution is -2.14. The van der Waals surface area contributed by atoms with Gasteiger partial charge in [0.1, 0.15) is 5.69 Å². The number of carbonyl (C=O) groups is 1. The predicted octanol–water partition coefficient (Wildman–Crippen LogP) is -0.133. The number of hydrogen-bond donors (Lipinski definition) is 3. The van der Waals surface area contributed by atoms with Crippen LogP contribution >= 0.6 is 0 Å². The number of nitrogens with one attached hydrogen (secondary N) is 2. The van der Waals surface area contributed by atoms with E-state index in [1.807, 2.05) is 6.92 Å². The van der Waals surface area contributed by atoms with Crippen molar-refractivity contribution in [3.63, 3.8) is 0 Å². The number of hydrogen-bond acceptors (Lipinski definition) is 6. The second kappa shape index (κ2) is 4.56. The molecule has 2 heterocycles. The van der Waals surface area contributed by atoms with E-state index in [0.717, 1.165) is 0 Å². The molecule has 1 unspecified atom stereocenters. The van der Waals surface area contributed by atoms with E-state index in [9.17, 15) is 4.79 Å². The molecule has 1 atom stereocenters. The van der Waals surface area contributed by atoms with Crippen molar-refractivity contribution in [3.05, 3.63) is 29.8 Å². The number of H-pyrrole nitrogens is 1. The Labute approximate surface area is 96.6 Å². The number of pyridine rings is 1. The number of amides is 1. The molecule has 4 N–H and O–H groups in total. The third-order valence-corrected chi connectivity index (χ3v) is 2.14.